The van der Waals surface area contributed by atoms with Crippen molar-refractivity contribution in [2.75, 3.05) is 7.11 Å². The van der Waals surface area contributed by atoms with E-state index in [0.717, 1.165) is 18.6 Å². The molecule has 0 radical (unpaired) electrons. The molecular formula is C26H28BrOP. The number of hydrogen-bond acceptors (Lipinski definition) is 1. The third-order valence-electron chi connectivity index (χ3n) is 5.00. The smallest absolute Gasteiger partial charge is 0.119 e. The van der Waals surface area contributed by atoms with Crippen LogP contribution in [0.15, 0.2) is 91.5 Å². The summed E-state index contributed by atoms with van der Waals surface area (Å²) in [4.78, 5) is 0. The Morgan fingerprint density at radius 2 is 1.69 bits per heavy atom. The van der Waals surface area contributed by atoms with Crippen molar-refractivity contribution in [1.82, 2.24) is 0 Å². The molecule has 0 aliphatic heterocycles. The number of ether oxygens (including phenoxy) is 1. The molecule has 1 nitrogen and oxygen atoms in total. The SMILES string of the molecule is C=CCCCCc1ccccc1P(Br)(=Cc1cccc(OC)c1)c1ccccc1. The van der Waals surface area contributed by atoms with Crippen LogP contribution in [0.4, 0.5) is 0 Å². The second-order valence-electron chi connectivity index (χ2n) is 7.04. The first-order valence-corrected chi connectivity index (χ1v) is 13.9. The number of methoxy groups -OCH3 is 1. The van der Waals surface area contributed by atoms with E-state index in [4.69, 9.17) is 4.74 Å². The van der Waals surface area contributed by atoms with Crippen molar-refractivity contribution < 1.29 is 4.74 Å². The first-order chi connectivity index (χ1) is 14.2. The molecule has 0 aliphatic rings. The summed E-state index contributed by atoms with van der Waals surface area (Å²) in [6, 6.07) is 27.9. The number of rotatable bonds is 9. The lowest BCUT2D eigenvalue weighted by atomic mass is 10.1. The van der Waals surface area contributed by atoms with E-state index >= 15 is 0 Å². The van der Waals surface area contributed by atoms with Gasteiger partial charge >= 0.3 is 0 Å². The van der Waals surface area contributed by atoms with Crippen LogP contribution in [0.5, 0.6) is 5.75 Å². The second-order valence-corrected chi connectivity index (χ2v) is 12.9. The summed E-state index contributed by atoms with van der Waals surface area (Å²) in [5.74, 6) is 3.27. The Labute approximate surface area is 183 Å². The molecule has 1 atom stereocenters. The molecule has 0 saturated carbocycles. The van der Waals surface area contributed by atoms with Crippen LogP contribution in [0.1, 0.15) is 30.4 Å². The van der Waals surface area contributed by atoms with Gasteiger partial charge in [-0.1, -0.05) is 88.3 Å². The molecule has 150 valence electrons. The van der Waals surface area contributed by atoms with Gasteiger partial charge in [-0.2, -0.15) is 0 Å². The molecule has 3 rings (SSSR count). The Kier molecular flexibility index (Phi) is 7.98. The topological polar surface area (TPSA) is 9.23 Å². The zero-order valence-electron chi connectivity index (χ0n) is 16.9. The molecule has 0 bridgehead atoms. The highest BCUT2D eigenvalue weighted by Crippen LogP contribution is 2.54. The van der Waals surface area contributed by atoms with Crippen LogP contribution >= 0.6 is 21.1 Å². The van der Waals surface area contributed by atoms with Gasteiger partial charge in [-0.3, -0.25) is 0 Å². The predicted octanol–water partition coefficient (Wildman–Crippen LogP) is 6.72. The summed E-state index contributed by atoms with van der Waals surface area (Å²) in [6.45, 7) is 3.85. The van der Waals surface area contributed by atoms with Crippen LogP contribution < -0.4 is 15.3 Å². The van der Waals surface area contributed by atoms with Gasteiger partial charge in [-0.15, -0.1) is 6.58 Å². The fraction of sp³-hybridized carbons (Fsp3) is 0.192. The van der Waals surface area contributed by atoms with Gasteiger partial charge in [0.1, 0.15) is 5.75 Å². The molecule has 0 amide bonds. The highest BCUT2D eigenvalue weighted by atomic mass is 79.9. The second kappa shape index (κ2) is 10.7. The predicted molar refractivity (Wildman–Crippen MR) is 134 cm³/mol. The van der Waals surface area contributed by atoms with Crippen LogP contribution in [-0.2, 0) is 6.42 Å². The maximum atomic E-state index is 5.45. The first kappa shape index (κ1) is 21.7. The van der Waals surface area contributed by atoms with E-state index in [-0.39, 0.29) is 0 Å². The van der Waals surface area contributed by atoms with E-state index in [1.807, 2.05) is 18.2 Å². The Morgan fingerprint density at radius 3 is 2.45 bits per heavy atom. The van der Waals surface area contributed by atoms with Crippen molar-refractivity contribution in [2.24, 2.45) is 0 Å². The average Bonchev–Trinajstić information content (AvgIpc) is 2.77. The molecule has 0 spiro atoms. The van der Waals surface area contributed by atoms with E-state index in [1.54, 1.807) is 7.11 Å². The highest BCUT2D eigenvalue weighted by Gasteiger charge is 2.22. The Bertz CT molecular complexity index is 994. The minimum atomic E-state index is -1.91. The quantitative estimate of drug-likeness (QED) is 0.193. The van der Waals surface area contributed by atoms with E-state index < -0.39 is 5.59 Å². The van der Waals surface area contributed by atoms with Gasteiger partial charge < -0.3 is 4.74 Å². The molecule has 0 fully saturated rings. The summed E-state index contributed by atoms with van der Waals surface area (Å²) in [5, 5.41) is 2.72. The van der Waals surface area contributed by atoms with Crippen LogP contribution in [0.2, 0.25) is 0 Å². The van der Waals surface area contributed by atoms with Gasteiger partial charge in [-0.25, -0.2) is 0 Å². The summed E-state index contributed by atoms with van der Waals surface area (Å²) in [7, 11) is 1.71. The summed E-state index contributed by atoms with van der Waals surface area (Å²) >= 11 is 4.26. The van der Waals surface area contributed by atoms with Crippen LogP contribution in [0.25, 0.3) is 0 Å². The highest BCUT2D eigenvalue weighted by molar-refractivity contribution is 9.43. The zero-order chi connectivity index (χ0) is 20.5. The fourth-order valence-corrected chi connectivity index (χ4v) is 8.61. The number of benzene rings is 3. The maximum Gasteiger partial charge on any atom is 0.119 e. The molecule has 0 aromatic heterocycles. The van der Waals surface area contributed by atoms with Crippen molar-refractivity contribution in [2.45, 2.75) is 25.7 Å². The molecule has 0 heterocycles. The number of hydrogen-bond donors (Lipinski definition) is 0. The fourth-order valence-electron chi connectivity index (χ4n) is 3.50. The molecule has 0 N–H and O–H groups in total. The normalized spacial score (nSPS) is 12.8. The first-order valence-electron chi connectivity index (χ1n) is 10.0. The summed E-state index contributed by atoms with van der Waals surface area (Å²) in [5.41, 5.74) is 0.680. The number of unbranched alkanes of at least 4 members (excludes halogenated alkanes) is 2. The van der Waals surface area contributed by atoms with Crippen molar-refractivity contribution in [3.05, 3.63) is 103 Å². The largest absolute Gasteiger partial charge is 0.497 e. The minimum absolute atomic E-state index is 0.878. The monoisotopic (exact) mass is 466 g/mol. The van der Waals surface area contributed by atoms with E-state index in [1.165, 1.54) is 34.6 Å². The lowest BCUT2D eigenvalue weighted by molar-refractivity contribution is 0.415. The summed E-state index contributed by atoms with van der Waals surface area (Å²) < 4.78 is 5.45. The van der Waals surface area contributed by atoms with Gasteiger partial charge in [0.15, 0.2) is 0 Å². The maximum absolute atomic E-state index is 5.45. The van der Waals surface area contributed by atoms with Crippen molar-refractivity contribution in [1.29, 1.82) is 0 Å². The number of halogens is 1. The van der Waals surface area contributed by atoms with Crippen LogP contribution in [0, 0.1) is 0 Å². The Hall–Kier alpha value is -2.02. The number of aryl methyl sites for hydroxylation is 1. The molecular weight excluding hydrogens is 439 g/mol. The van der Waals surface area contributed by atoms with E-state index in [2.05, 4.69) is 94.6 Å². The van der Waals surface area contributed by atoms with Gasteiger partial charge in [0, 0.05) is 5.59 Å². The van der Waals surface area contributed by atoms with Crippen molar-refractivity contribution >= 4 is 37.5 Å². The molecule has 3 aromatic rings. The number of allylic oxidation sites excluding steroid dienone is 1. The molecule has 3 heteroatoms. The minimum Gasteiger partial charge on any atom is -0.497 e. The molecule has 1 unspecified atom stereocenters. The Balaban J connectivity index is 2.12. The Morgan fingerprint density at radius 1 is 0.931 bits per heavy atom. The van der Waals surface area contributed by atoms with Gasteiger partial charge in [0.05, 0.1) is 7.11 Å². The van der Waals surface area contributed by atoms with Crippen molar-refractivity contribution in [3.8, 4) is 5.75 Å². The van der Waals surface area contributed by atoms with Gasteiger partial charge in [-0.05, 0) is 65.3 Å². The van der Waals surface area contributed by atoms with Crippen LogP contribution in [0.3, 0.4) is 0 Å². The molecule has 3 aromatic carbocycles. The lowest BCUT2D eigenvalue weighted by Crippen LogP contribution is -2.18. The molecule has 0 aliphatic carbocycles. The van der Waals surface area contributed by atoms with Gasteiger partial charge in [0.25, 0.3) is 0 Å². The van der Waals surface area contributed by atoms with Crippen molar-refractivity contribution in [3.63, 3.8) is 0 Å². The van der Waals surface area contributed by atoms with E-state index in [9.17, 15) is 0 Å². The zero-order valence-corrected chi connectivity index (χ0v) is 19.4. The molecule has 0 saturated heterocycles. The summed E-state index contributed by atoms with van der Waals surface area (Å²) in [6.07, 6.45) is 6.51. The third kappa shape index (κ3) is 5.53. The van der Waals surface area contributed by atoms with Crippen LogP contribution in [-0.4, -0.2) is 12.9 Å². The van der Waals surface area contributed by atoms with Gasteiger partial charge in [0.2, 0.25) is 0 Å². The van der Waals surface area contributed by atoms with E-state index in [0.29, 0.717) is 0 Å². The molecule has 29 heavy (non-hydrogen) atoms. The third-order valence-corrected chi connectivity index (χ3v) is 10.8. The lowest BCUT2D eigenvalue weighted by Gasteiger charge is -2.24. The standard InChI is InChI=1S/C26H28BrOP/c1-3-4-5-7-14-23-15-10-11-19-26(23)29(27,25-17-8-6-9-18-25)21-22-13-12-16-24(20-22)28-2/h3,6,8-13,15-21H,1,4-5,7,14H2,2H3. The average molecular weight is 467 g/mol.